The summed E-state index contributed by atoms with van der Waals surface area (Å²) < 4.78 is 0. The van der Waals surface area contributed by atoms with E-state index in [0.29, 0.717) is 28.0 Å². The number of benzene rings is 1. The van der Waals surface area contributed by atoms with Crippen molar-refractivity contribution in [2.75, 3.05) is 5.32 Å². The second-order valence-corrected chi connectivity index (χ2v) is 6.61. The van der Waals surface area contributed by atoms with Crippen LogP contribution in [0.15, 0.2) is 54.9 Å². The lowest BCUT2D eigenvalue weighted by molar-refractivity contribution is 0.248. The van der Waals surface area contributed by atoms with E-state index >= 15 is 0 Å². The number of fused-ring (bicyclic) bond motifs is 2. The molecule has 3 aromatic rings. The van der Waals surface area contributed by atoms with Crippen LogP contribution in [0.2, 0.25) is 0 Å². The lowest BCUT2D eigenvalue weighted by atomic mass is 10.1. The molecule has 0 saturated carbocycles. The summed E-state index contributed by atoms with van der Waals surface area (Å²) in [5.74, 6) is 0.434. The van der Waals surface area contributed by atoms with E-state index in [9.17, 15) is 4.79 Å². The molecule has 0 radical (unpaired) electrons. The summed E-state index contributed by atoms with van der Waals surface area (Å²) in [6.45, 7) is 0. The zero-order valence-corrected chi connectivity index (χ0v) is 15.1. The maximum Gasteiger partial charge on any atom is 0.320 e. The molecule has 0 spiro atoms. The van der Waals surface area contributed by atoms with Crippen molar-refractivity contribution in [2.45, 2.75) is 18.9 Å². The molecule has 2 heterocycles. The third-order valence-corrected chi connectivity index (χ3v) is 4.89. The molecular weight excluding hydrogens is 352 g/mol. The van der Waals surface area contributed by atoms with Gasteiger partial charge in [0.25, 0.3) is 0 Å². The van der Waals surface area contributed by atoms with Crippen molar-refractivity contribution in [1.82, 2.24) is 15.3 Å². The molecule has 0 aliphatic heterocycles. The van der Waals surface area contributed by atoms with E-state index in [1.807, 2.05) is 12.1 Å². The highest BCUT2D eigenvalue weighted by Crippen LogP contribution is 2.30. The first-order valence-electron chi connectivity index (χ1n) is 9.03. The van der Waals surface area contributed by atoms with Gasteiger partial charge in [0.15, 0.2) is 0 Å². The van der Waals surface area contributed by atoms with Crippen molar-refractivity contribution in [3.05, 3.63) is 71.6 Å². The number of carbonyl (C=O) groups is 1. The van der Waals surface area contributed by atoms with E-state index in [0.717, 1.165) is 19.1 Å². The lowest BCUT2D eigenvalue weighted by Gasteiger charge is -2.14. The average Bonchev–Trinajstić information content (AvgIpc) is 3.11. The summed E-state index contributed by atoms with van der Waals surface area (Å²) >= 11 is 0. The van der Waals surface area contributed by atoms with E-state index in [-0.39, 0.29) is 12.1 Å². The Labute approximate surface area is 162 Å². The fourth-order valence-electron chi connectivity index (χ4n) is 3.48. The van der Waals surface area contributed by atoms with Gasteiger partial charge in [-0.05, 0) is 42.2 Å². The molecule has 140 valence electrons. The molecule has 2 aromatic heterocycles. The normalized spacial score (nSPS) is 15.9. The predicted molar refractivity (Wildman–Crippen MR) is 110 cm³/mol. The Kier molecular flexibility index (Phi) is 4.72. The summed E-state index contributed by atoms with van der Waals surface area (Å²) in [6.07, 6.45) is 6.02. The molecule has 7 heteroatoms. The summed E-state index contributed by atoms with van der Waals surface area (Å²) in [5.41, 5.74) is 10.5. The maximum absolute atomic E-state index is 12.4. The van der Waals surface area contributed by atoms with Crippen molar-refractivity contribution in [2.24, 2.45) is 5.73 Å². The van der Waals surface area contributed by atoms with Crippen LogP contribution < -0.4 is 16.4 Å². The number of rotatable bonds is 4. The number of nitrogens with two attached hydrogens (primary N) is 1. The molecule has 2 amide bonds. The van der Waals surface area contributed by atoms with E-state index < -0.39 is 0 Å². The van der Waals surface area contributed by atoms with E-state index in [4.69, 9.17) is 11.1 Å². The number of allylic oxidation sites excluding steroid dienone is 1. The molecular formula is C21H20N6O. The Balaban J connectivity index is 1.51. The van der Waals surface area contributed by atoms with Crippen LogP contribution in [0.25, 0.3) is 16.6 Å². The molecule has 28 heavy (non-hydrogen) atoms. The Bertz CT molecular complexity index is 1090. The van der Waals surface area contributed by atoms with Crippen LogP contribution in [0.4, 0.5) is 10.6 Å². The number of urea groups is 1. The molecule has 5 N–H and O–H groups in total. The van der Waals surface area contributed by atoms with Crippen molar-refractivity contribution in [1.29, 1.82) is 5.41 Å². The molecule has 1 aliphatic carbocycles. The Morgan fingerprint density at radius 3 is 2.89 bits per heavy atom. The molecule has 1 unspecified atom stereocenters. The van der Waals surface area contributed by atoms with Gasteiger partial charge in [-0.2, -0.15) is 0 Å². The number of anilines is 1. The number of nitrogens with one attached hydrogen (secondary N) is 3. The van der Waals surface area contributed by atoms with Crippen LogP contribution in [0.5, 0.6) is 0 Å². The van der Waals surface area contributed by atoms with Gasteiger partial charge in [0.2, 0.25) is 0 Å². The van der Waals surface area contributed by atoms with Gasteiger partial charge >= 0.3 is 6.03 Å². The molecule has 0 bridgehead atoms. The number of aromatic nitrogens is 2. The Hall–Kier alpha value is -3.74. The first kappa shape index (κ1) is 17.7. The van der Waals surface area contributed by atoms with Gasteiger partial charge in [-0.15, -0.1) is 0 Å². The van der Waals surface area contributed by atoms with E-state index in [1.165, 1.54) is 17.3 Å². The molecule has 7 nitrogen and oxygen atoms in total. The lowest BCUT2D eigenvalue weighted by Crippen LogP contribution is -2.31. The number of carbonyl (C=O) groups excluding carboxylic acids is 1. The first-order chi connectivity index (χ1) is 13.7. The zero-order valence-electron chi connectivity index (χ0n) is 15.1. The van der Waals surface area contributed by atoms with Crippen LogP contribution >= 0.6 is 0 Å². The van der Waals surface area contributed by atoms with E-state index in [1.54, 1.807) is 24.4 Å². The van der Waals surface area contributed by atoms with Gasteiger partial charge in [0.05, 0.1) is 17.1 Å². The summed E-state index contributed by atoms with van der Waals surface area (Å²) in [7, 11) is 0. The average molecular weight is 372 g/mol. The minimum Gasteiger partial charge on any atom is -0.404 e. The molecule has 0 fully saturated rings. The molecule has 1 aromatic carbocycles. The minimum absolute atomic E-state index is 0.00904. The second-order valence-electron chi connectivity index (χ2n) is 6.61. The third kappa shape index (κ3) is 3.42. The van der Waals surface area contributed by atoms with Crippen LogP contribution in [0, 0.1) is 5.41 Å². The monoisotopic (exact) mass is 372 g/mol. The van der Waals surface area contributed by atoms with Crippen LogP contribution in [-0.2, 0) is 6.42 Å². The largest absolute Gasteiger partial charge is 0.404 e. The van der Waals surface area contributed by atoms with Gasteiger partial charge in [-0.1, -0.05) is 24.3 Å². The topological polar surface area (TPSA) is 117 Å². The zero-order chi connectivity index (χ0) is 19.5. The molecule has 4 rings (SSSR count). The second kappa shape index (κ2) is 7.48. The summed E-state index contributed by atoms with van der Waals surface area (Å²) in [5, 5.41) is 13.2. The smallest absolute Gasteiger partial charge is 0.320 e. The van der Waals surface area contributed by atoms with Crippen LogP contribution in [-0.4, -0.2) is 22.2 Å². The number of amides is 2. The van der Waals surface area contributed by atoms with Crippen molar-refractivity contribution in [3.63, 3.8) is 0 Å². The molecule has 0 saturated heterocycles. The van der Waals surface area contributed by atoms with Crippen molar-refractivity contribution in [3.8, 4) is 0 Å². The number of hydrogen-bond acceptors (Lipinski definition) is 5. The van der Waals surface area contributed by atoms with Crippen LogP contribution in [0.3, 0.4) is 0 Å². The first-order valence-corrected chi connectivity index (χ1v) is 9.03. The van der Waals surface area contributed by atoms with Crippen molar-refractivity contribution < 1.29 is 4.79 Å². The fourth-order valence-corrected chi connectivity index (χ4v) is 3.48. The fraction of sp³-hybridized carbons (Fsp3) is 0.143. The van der Waals surface area contributed by atoms with Gasteiger partial charge in [0, 0.05) is 29.7 Å². The summed E-state index contributed by atoms with van der Waals surface area (Å²) in [4.78, 5) is 21.3. The standard InChI is InChI=1S/C21H20N6O/c22-10-15(11-23)14-9-19-18(24-12-14)7-8-20(25-19)27-21(28)26-17-6-5-13-3-1-2-4-16(13)17/h1-4,7-12,17,22H,5-6,23H2,(H2,25,26,27,28)/b15-11+,22-10?. The molecule has 1 aliphatic rings. The number of nitrogens with zero attached hydrogens (tertiary/aromatic N) is 2. The van der Waals surface area contributed by atoms with Gasteiger partial charge in [0.1, 0.15) is 5.82 Å². The number of pyridine rings is 2. The highest BCUT2D eigenvalue weighted by atomic mass is 16.2. The minimum atomic E-state index is -0.292. The quantitative estimate of drug-likeness (QED) is 0.525. The predicted octanol–water partition coefficient (Wildman–Crippen LogP) is 3.39. The Morgan fingerprint density at radius 1 is 1.21 bits per heavy atom. The van der Waals surface area contributed by atoms with Crippen molar-refractivity contribution >= 4 is 34.7 Å². The van der Waals surface area contributed by atoms with Gasteiger partial charge in [-0.25, -0.2) is 9.78 Å². The Morgan fingerprint density at radius 2 is 2.07 bits per heavy atom. The number of hydrogen-bond donors (Lipinski definition) is 4. The van der Waals surface area contributed by atoms with Gasteiger partial charge < -0.3 is 16.5 Å². The highest BCUT2D eigenvalue weighted by Gasteiger charge is 2.23. The molecule has 1 atom stereocenters. The van der Waals surface area contributed by atoms with Gasteiger partial charge in [-0.3, -0.25) is 10.3 Å². The van der Waals surface area contributed by atoms with Crippen LogP contribution in [0.1, 0.15) is 29.2 Å². The maximum atomic E-state index is 12.4. The summed E-state index contributed by atoms with van der Waals surface area (Å²) in [6, 6.07) is 13.2. The van der Waals surface area contributed by atoms with E-state index in [2.05, 4.69) is 32.7 Å². The highest BCUT2D eigenvalue weighted by molar-refractivity contribution is 6.08. The number of aryl methyl sites for hydroxylation is 1. The third-order valence-electron chi connectivity index (χ3n) is 4.89. The SMILES string of the molecule is N=C/C(=C\N)c1cnc2ccc(NC(=O)NC3CCc4ccccc43)nc2c1.